The molecule has 0 aliphatic heterocycles. The fourth-order valence-corrected chi connectivity index (χ4v) is 1.94. The third-order valence-electron chi connectivity index (χ3n) is 2.53. The summed E-state index contributed by atoms with van der Waals surface area (Å²) in [5, 5.41) is 0.416. The van der Waals surface area contributed by atoms with Crippen molar-refractivity contribution < 1.29 is 9.18 Å². The van der Waals surface area contributed by atoms with Crippen molar-refractivity contribution in [2.24, 2.45) is 0 Å². The van der Waals surface area contributed by atoms with Gasteiger partial charge in [0.05, 0.1) is 5.02 Å². The average Bonchev–Trinajstić information content (AvgIpc) is 2.29. The summed E-state index contributed by atoms with van der Waals surface area (Å²) in [4.78, 5) is 11.2. The van der Waals surface area contributed by atoms with Gasteiger partial charge in [0.1, 0.15) is 5.82 Å². The van der Waals surface area contributed by atoms with Gasteiger partial charge in [0, 0.05) is 5.56 Å². The van der Waals surface area contributed by atoms with Crippen molar-refractivity contribution in [1.29, 1.82) is 0 Å². The van der Waals surface area contributed by atoms with E-state index in [0.717, 1.165) is 11.1 Å². The van der Waals surface area contributed by atoms with E-state index in [9.17, 15) is 9.18 Å². The van der Waals surface area contributed by atoms with Crippen LogP contribution in [0.3, 0.4) is 0 Å². The first-order chi connectivity index (χ1) is 8.08. The second-order valence-corrected chi connectivity index (χ2v) is 4.16. The average molecular weight is 249 g/mol. The monoisotopic (exact) mass is 248 g/mol. The Morgan fingerprint density at radius 2 is 1.65 bits per heavy atom. The van der Waals surface area contributed by atoms with Gasteiger partial charge in [-0.1, -0.05) is 29.8 Å². The molecule has 0 aliphatic rings. The highest BCUT2D eigenvalue weighted by atomic mass is 35.5. The van der Waals surface area contributed by atoms with E-state index in [1.54, 1.807) is 30.3 Å². The van der Waals surface area contributed by atoms with Crippen LogP contribution in [0.1, 0.15) is 17.3 Å². The van der Waals surface area contributed by atoms with Gasteiger partial charge in [0.15, 0.2) is 5.78 Å². The minimum absolute atomic E-state index is 0.0688. The Balaban J connectivity index is 2.44. The highest BCUT2D eigenvalue weighted by Gasteiger charge is 2.07. The predicted molar refractivity (Wildman–Crippen MR) is 66.9 cm³/mol. The van der Waals surface area contributed by atoms with Gasteiger partial charge in [0.2, 0.25) is 0 Å². The molecule has 0 fully saturated rings. The minimum Gasteiger partial charge on any atom is -0.294 e. The molecular weight excluding hydrogens is 239 g/mol. The lowest BCUT2D eigenvalue weighted by atomic mass is 10.0. The van der Waals surface area contributed by atoms with Crippen LogP contribution < -0.4 is 0 Å². The van der Waals surface area contributed by atoms with E-state index in [4.69, 9.17) is 11.6 Å². The molecule has 0 heterocycles. The highest BCUT2D eigenvalue weighted by molar-refractivity contribution is 6.34. The molecule has 1 nitrogen and oxygen atoms in total. The molecule has 0 radical (unpaired) electrons. The van der Waals surface area contributed by atoms with E-state index in [-0.39, 0.29) is 11.6 Å². The van der Waals surface area contributed by atoms with Crippen LogP contribution >= 0.6 is 11.6 Å². The van der Waals surface area contributed by atoms with Crippen LogP contribution in [0.2, 0.25) is 5.02 Å². The number of hydrogen-bond donors (Lipinski definition) is 0. The maximum absolute atomic E-state index is 12.8. The van der Waals surface area contributed by atoms with Crippen LogP contribution in [-0.2, 0) is 0 Å². The zero-order valence-electron chi connectivity index (χ0n) is 9.21. The lowest BCUT2D eigenvalue weighted by molar-refractivity contribution is 0.101. The summed E-state index contributed by atoms with van der Waals surface area (Å²) in [6.45, 7) is 1.47. The molecule has 0 spiro atoms. The molecule has 86 valence electrons. The molecule has 2 rings (SSSR count). The molecule has 0 saturated heterocycles. The maximum atomic E-state index is 12.8. The van der Waals surface area contributed by atoms with Crippen LogP contribution in [-0.4, -0.2) is 5.78 Å². The molecule has 0 bridgehead atoms. The number of Topliss-reactive ketones (excluding diaryl/α,β-unsaturated/α-hetero) is 1. The largest absolute Gasteiger partial charge is 0.294 e. The Bertz CT molecular complexity index is 561. The van der Waals surface area contributed by atoms with Crippen LogP contribution in [0, 0.1) is 5.82 Å². The summed E-state index contributed by atoms with van der Waals surface area (Å²) >= 11 is 6.01. The first kappa shape index (κ1) is 11.8. The Labute approximate surface area is 104 Å². The van der Waals surface area contributed by atoms with Gasteiger partial charge >= 0.3 is 0 Å². The van der Waals surface area contributed by atoms with E-state index in [1.165, 1.54) is 19.1 Å². The summed E-state index contributed by atoms with van der Waals surface area (Å²) < 4.78 is 12.8. The standard InChI is InChI=1S/C14H10ClFO/c1-9(17)13-7-4-11(8-14(13)15)10-2-5-12(16)6-3-10/h2-8H,1H3. The number of rotatable bonds is 2. The first-order valence-corrected chi connectivity index (χ1v) is 5.52. The number of carbonyl (C=O) groups is 1. The van der Waals surface area contributed by atoms with Gasteiger partial charge in [-0.15, -0.1) is 0 Å². The summed E-state index contributed by atoms with van der Waals surface area (Å²) in [5.74, 6) is -0.346. The van der Waals surface area contributed by atoms with Gasteiger partial charge in [0.25, 0.3) is 0 Å². The molecule has 2 aromatic carbocycles. The van der Waals surface area contributed by atoms with Gasteiger partial charge in [-0.2, -0.15) is 0 Å². The lowest BCUT2D eigenvalue weighted by Gasteiger charge is -2.05. The molecule has 0 atom stereocenters. The Morgan fingerprint density at radius 3 is 2.18 bits per heavy atom. The Hall–Kier alpha value is -1.67. The molecule has 0 N–H and O–H groups in total. The van der Waals surface area contributed by atoms with E-state index < -0.39 is 0 Å². The van der Waals surface area contributed by atoms with Crippen molar-refractivity contribution in [2.75, 3.05) is 0 Å². The quantitative estimate of drug-likeness (QED) is 0.722. The normalized spacial score (nSPS) is 10.3. The van der Waals surface area contributed by atoms with Crippen molar-refractivity contribution in [3.05, 3.63) is 58.9 Å². The van der Waals surface area contributed by atoms with E-state index in [0.29, 0.717) is 10.6 Å². The van der Waals surface area contributed by atoms with Crippen LogP contribution in [0.15, 0.2) is 42.5 Å². The third-order valence-corrected chi connectivity index (χ3v) is 2.84. The highest BCUT2D eigenvalue weighted by Crippen LogP contribution is 2.26. The Kier molecular flexibility index (Phi) is 3.25. The van der Waals surface area contributed by atoms with Crippen molar-refractivity contribution >= 4 is 17.4 Å². The molecule has 2 aromatic rings. The van der Waals surface area contributed by atoms with Gasteiger partial charge in [-0.05, 0) is 42.3 Å². The molecular formula is C14H10ClFO. The van der Waals surface area contributed by atoms with E-state index in [2.05, 4.69) is 0 Å². The fourth-order valence-electron chi connectivity index (χ4n) is 1.62. The molecule has 0 saturated carbocycles. The third kappa shape index (κ3) is 2.53. The maximum Gasteiger partial charge on any atom is 0.161 e. The van der Waals surface area contributed by atoms with Gasteiger partial charge in [-0.25, -0.2) is 4.39 Å². The second kappa shape index (κ2) is 4.68. The zero-order valence-corrected chi connectivity index (χ0v) is 9.96. The van der Waals surface area contributed by atoms with E-state index in [1.807, 2.05) is 0 Å². The molecule has 3 heteroatoms. The molecule has 0 aromatic heterocycles. The number of carbonyl (C=O) groups excluding carboxylic acids is 1. The second-order valence-electron chi connectivity index (χ2n) is 3.76. The smallest absolute Gasteiger partial charge is 0.161 e. The summed E-state index contributed by atoms with van der Waals surface area (Å²) in [6, 6.07) is 11.3. The van der Waals surface area contributed by atoms with Gasteiger partial charge in [-0.3, -0.25) is 4.79 Å². The lowest BCUT2D eigenvalue weighted by Crippen LogP contribution is -1.93. The zero-order chi connectivity index (χ0) is 12.4. The topological polar surface area (TPSA) is 17.1 Å². The van der Waals surface area contributed by atoms with Crippen molar-refractivity contribution in [3.63, 3.8) is 0 Å². The number of hydrogen-bond acceptors (Lipinski definition) is 1. The predicted octanol–water partition coefficient (Wildman–Crippen LogP) is 4.35. The molecule has 0 amide bonds. The number of halogens is 2. The minimum atomic E-state index is -0.278. The SMILES string of the molecule is CC(=O)c1ccc(-c2ccc(F)cc2)cc1Cl. The summed E-state index contributed by atoms with van der Waals surface area (Å²) in [6.07, 6.45) is 0. The summed E-state index contributed by atoms with van der Waals surface area (Å²) in [5.41, 5.74) is 2.22. The number of benzene rings is 2. The summed E-state index contributed by atoms with van der Waals surface area (Å²) in [7, 11) is 0. The van der Waals surface area contributed by atoms with Crippen LogP contribution in [0.4, 0.5) is 4.39 Å². The first-order valence-electron chi connectivity index (χ1n) is 5.14. The molecule has 0 unspecified atom stereocenters. The fraction of sp³-hybridized carbons (Fsp3) is 0.0714. The Morgan fingerprint density at radius 1 is 1.06 bits per heavy atom. The van der Waals surface area contributed by atoms with Crippen molar-refractivity contribution in [3.8, 4) is 11.1 Å². The van der Waals surface area contributed by atoms with Crippen LogP contribution in [0.25, 0.3) is 11.1 Å². The molecule has 17 heavy (non-hydrogen) atoms. The van der Waals surface area contributed by atoms with Crippen molar-refractivity contribution in [2.45, 2.75) is 6.92 Å². The van der Waals surface area contributed by atoms with Gasteiger partial charge < -0.3 is 0 Å². The van der Waals surface area contributed by atoms with Crippen LogP contribution in [0.5, 0.6) is 0 Å². The molecule has 0 aliphatic carbocycles. The number of ketones is 1. The van der Waals surface area contributed by atoms with Crippen molar-refractivity contribution in [1.82, 2.24) is 0 Å². The van der Waals surface area contributed by atoms with E-state index >= 15 is 0 Å².